The largest absolute Gasteiger partial charge is 0.496 e. The first kappa shape index (κ1) is 46.8. The van der Waals surface area contributed by atoms with E-state index in [0.717, 1.165) is 72.3 Å². The van der Waals surface area contributed by atoms with Gasteiger partial charge >= 0.3 is 6.09 Å². The van der Waals surface area contributed by atoms with Crippen LogP contribution in [-0.4, -0.2) is 92.0 Å². The Kier molecular flexibility index (Phi) is 15.4. The smallest absolute Gasteiger partial charge is 0.410 e. The number of unbranched alkanes of at least 4 members (excludes halogenated alkanes) is 2. The van der Waals surface area contributed by atoms with E-state index in [4.69, 9.17) is 38.4 Å². The van der Waals surface area contributed by atoms with Crippen LogP contribution in [0, 0.1) is 17.8 Å². The van der Waals surface area contributed by atoms with E-state index in [-0.39, 0.29) is 50.5 Å². The number of hydrogen-bond acceptors (Lipinski definition) is 12. The average Bonchev–Trinajstić information content (AvgIpc) is 3.35. The van der Waals surface area contributed by atoms with Gasteiger partial charge < -0.3 is 43.5 Å². The Morgan fingerprint density at radius 3 is 2.50 bits per heavy atom. The molecule has 7 atom stereocenters. The first-order valence-corrected chi connectivity index (χ1v) is 23.3. The maximum absolute atomic E-state index is 14.6. The molecule has 2 aliphatic heterocycles. The lowest BCUT2D eigenvalue weighted by Gasteiger charge is -2.59. The van der Waals surface area contributed by atoms with Crippen molar-refractivity contribution in [3.8, 4) is 23.0 Å². The molecule has 0 bridgehead atoms. The molecule has 7 unspecified atom stereocenters. The van der Waals surface area contributed by atoms with E-state index >= 15 is 0 Å². The summed E-state index contributed by atoms with van der Waals surface area (Å²) in [6.07, 6.45) is 10.9. The lowest BCUT2D eigenvalue weighted by molar-refractivity contribution is -0.256. The van der Waals surface area contributed by atoms with Crippen LogP contribution in [0.5, 0.6) is 23.0 Å². The third-order valence-electron chi connectivity index (χ3n) is 13.6. The predicted octanol–water partition coefficient (Wildman–Crippen LogP) is 9.88. The molecule has 1 saturated heterocycles. The van der Waals surface area contributed by atoms with Gasteiger partial charge in [0.2, 0.25) is 12.1 Å². The Hall–Kier alpha value is -5.73. The minimum absolute atomic E-state index is 0.0107. The summed E-state index contributed by atoms with van der Waals surface area (Å²) in [5.41, 5.74) is 3.73. The SMILES string of the molecule is C=CCOC12Oc3ccc(Oc4ccc(OC)c(C=O)c4)cc3C3C(CCCCO)C(CCCCO)C=C(C(=NOC4CCCCO4)CC1N(Cc1cccc4ccccc14)C(=O)OC)C32. The molecule has 350 valence electrons. The zero-order valence-corrected chi connectivity index (χ0v) is 38.0. The molecule has 4 aromatic rings. The van der Waals surface area contributed by atoms with E-state index in [1.807, 2.05) is 42.5 Å². The summed E-state index contributed by atoms with van der Waals surface area (Å²) < 4.78 is 38.2. The van der Waals surface area contributed by atoms with Crippen molar-refractivity contribution in [2.75, 3.05) is 40.6 Å². The summed E-state index contributed by atoms with van der Waals surface area (Å²) in [7, 11) is 2.90. The Labute approximate surface area is 386 Å². The predicted molar refractivity (Wildman–Crippen MR) is 250 cm³/mol. The highest BCUT2D eigenvalue weighted by Crippen LogP contribution is 2.62. The molecule has 2 heterocycles. The summed E-state index contributed by atoms with van der Waals surface area (Å²) >= 11 is 0. The van der Waals surface area contributed by atoms with Crippen molar-refractivity contribution in [3.05, 3.63) is 120 Å². The molecule has 13 heteroatoms. The fourth-order valence-electron chi connectivity index (χ4n) is 10.7. The lowest BCUT2D eigenvalue weighted by Crippen LogP contribution is -2.70. The molecule has 2 fully saturated rings. The van der Waals surface area contributed by atoms with Crippen LogP contribution in [0.4, 0.5) is 4.79 Å². The first-order chi connectivity index (χ1) is 32.4. The van der Waals surface area contributed by atoms with Crippen LogP contribution < -0.4 is 14.2 Å². The highest BCUT2D eigenvalue weighted by atomic mass is 16.8. The molecule has 2 N–H and O–H groups in total. The highest BCUT2D eigenvalue weighted by Gasteiger charge is 2.65. The number of aliphatic hydroxyl groups is 2. The topological polar surface area (TPSA) is 155 Å². The Morgan fingerprint density at radius 2 is 1.74 bits per heavy atom. The van der Waals surface area contributed by atoms with Crippen LogP contribution in [-0.2, 0) is 25.6 Å². The minimum Gasteiger partial charge on any atom is -0.496 e. The molecule has 13 nitrogen and oxygen atoms in total. The number of fused-ring (bicyclic) bond motifs is 3. The number of allylic oxidation sites excluding steroid dienone is 1. The van der Waals surface area contributed by atoms with Gasteiger partial charge in [0.25, 0.3) is 0 Å². The average molecular weight is 903 g/mol. The number of carbonyl (C=O) groups is 2. The van der Waals surface area contributed by atoms with Crippen LogP contribution in [0.2, 0.25) is 0 Å². The van der Waals surface area contributed by atoms with E-state index in [0.29, 0.717) is 60.1 Å². The molecule has 0 radical (unpaired) electrons. The van der Waals surface area contributed by atoms with Crippen molar-refractivity contribution >= 4 is 28.9 Å². The maximum Gasteiger partial charge on any atom is 0.410 e. The summed E-state index contributed by atoms with van der Waals surface area (Å²) in [6, 6.07) is 24.2. The molecule has 66 heavy (non-hydrogen) atoms. The lowest BCUT2D eigenvalue weighted by atomic mass is 9.55. The molecule has 8 rings (SSSR count). The molecule has 0 aromatic heterocycles. The van der Waals surface area contributed by atoms with E-state index in [1.165, 1.54) is 14.2 Å². The molecular weight excluding hydrogens is 841 g/mol. The van der Waals surface area contributed by atoms with E-state index < -0.39 is 30.1 Å². The van der Waals surface area contributed by atoms with Gasteiger partial charge in [0, 0.05) is 37.5 Å². The second-order valence-electron chi connectivity index (χ2n) is 17.5. The van der Waals surface area contributed by atoms with Crippen LogP contribution >= 0.6 is 0 Å². The monoisotopic (exact) mass is 902 g/mol. The van der Waals surface area contributed by atoms with Crippen molar-refractivity contribution in [1.82, 2.24) is 4.90 Å². The number of oxime groups is 1. The van der Waals surface area contributed by atoms with Crippen LogP contribution in [0.1, 0.15) is 91.6 Å². The number of aldehydes is 1. The van der Waals surface area contributed by atoms with Crippen molar-refractivity contribution < 1.29 is 53.1 Å². The number of methoxy groups -OCH3 is 2. The number of amides is 1. The van der Waals surface area contributed by atoms with Crippen molar-refractivity contribution in [1.29, 1.82) is 0 Å². The van der Waals surface area contributed by atoms with Gasteiger partial charge in [-0.25, -0.2) is 4.79 Å². The third-order valence-corrected chi connectivity index (χ3v) is 13.6. The summed E-state index contributed by atoms with van der Waals surface area (Å²) in [5.74, 6) is -0.325. The van der Waals surface area contributed by atoms with E-state index in [1.54, 1.807) is 29.2 Å². The van der Waals surface area contributed by atoms with Gasteiger partial charge in [-0.05, 0) is 109 Å². The maximum atomic E-state index is 14.6. The van der Waals surface area contributed by atoms with Gasteiger partial charge in [0.15, 0.2) is 6.29 Å². The van der Waals surface area contributed by atoms with E-state index in [9.17, 15) is 19.8 Å². The van der Waals surface area contributed by atoms with Gasteiger partial charge in [-0.2, -0.15) is 0 Å². The van der Waals surface area contributed by atoms with Crippen LogP contribution in [0.15, 0.2) is 108 Å². The van der Waals surface area contributed by atoms with Gasteiger partial charge in [0.1, 0.15) is 29.0 Å². The number of aliphatic hydroxyl groups excluding tert-OH is 2. The number of rotatable bonds is 20. The molecule has 4 aliphatic rings. The third kappa shape index (κ3) is 9.71. The molecule has 4 aromatic carbocycles. The standard InChI is InChI=1S/C53H62N2O11/c1-4-27-63-53-48(55(52(59)61-3)33-37-17-13-16-35-14-5-6-18-41(35)37)32-45(54-66-49-20-9-12-28-62-49)43-30-36(15-7-10-25-56)42(19-8-11-26-57)50(51(43)53)44-31-40(22-24-47(44)65-53)64-39-21-23-46(60-2)38(29-39)34-58/h4-6,13-14,16-18,21-24,29-31,34,36,42,48-51,56-57H,1,7-12,15,19-20,25-28,32-33H2,2-3H3. The van der Waals surface area contributed by atoms with Gasteiger partial charge in [0.05, 0.1) is 51.2 Å². The van der Waals surface area contributed by atoms with Crippen LogP contribution in [0.25, 0.3) is 10.8 Å². The molecule has 1 saturated carbocycles. The molecule has 2 aliphatic carbocycles. The molecule has 0 spiro atoms. The summed E-state index contributed by atoms with van der Waals surface area (Å²) in [5, 5.41) is 27.0. The number of benzene rings is 4. The van der Waals surface area contributed by atoms with Crippen molar-refractivity contribution in [2.24, 2.45) is 22.9 Å². The quantitative estimate of drug-likeness (QED) is 0.0377. The van der Waals surface area contributed by atoms with Crippen LogP contribution in [0.3, 0.4) is 0 Å². The Bertz CT molecular complexity index is 2390. The second-order valence-corrected chi connectivity index (χ2v) is 17.5. The number of carbonyl (C=O) groups excluding carboxylic acids is 2. The first-order valence-electron chi connectivity index (χ1n) is 23.3. The zero-order valence-electron chi connectivity index (χ0n) is 38.0. The summed E-state index contributed by atoms with van der Waals surface area (Å²) in [6.45, 7) is 5.07. The van der Waals surface area contributed by atoms with Crippen molar-refractivity contribution in [2.45, 2.75) is 94.8 Å². The van der Waals surface area contributed by atoms with Gasteiger partial charge in [-0.1, -0.05) is 72.6 Å². The minimum atomic E-state index is -1.50. The van der Waals surface area contributed by atoms with Gasteiger partial charge in [-0.15, -0.1) is 6.58 Å². The molecular formula is C53H62N2O11. The fraction of sp³-hybridized carbons (Fsp3) is 0.453. The fourth-order valence-corrected chi connectivity index (χ4v) is 10.7. The van der Waals surface area contributed by atoms with Gasteiger partial charge in [-0.3, -0.25) is 9.69 Å². The number of nitrogens with zero attached hydrogens (tertiary/aromatic N) is 2. The number of hydrogen-bond donors (Lipinski definition) is 2. The van der Waals surface area contributed by atoms with E-state index in [2.05, 4.69) is 30.9 Å². The van der Waals surface area contributed by atoms with Crippen molar-refractivity contribution in [3.63, 3.8) is 0 Å². The highest BCUT2D eigenvalue weighted by molar-refractivity contribution is 6.03. The number of ether oxygens (including phenoxy) is 6. The molecule has 1 amide bonds. The zero-order chi connectivity index (χ0) is 46.0. The normalized spacial score (nSPS) is 24.8. The second kappa shape index (κ2) is 21.7. The Balaban J connectivity index is 1.34. The summed E-state index contributed by atoms with van der Waals surface area (Å²) in [4.78, 5) is 34.6. The Morgan fingerprint density at radius 1 is 0.955 bits per heavy atom.